The van der Waals surface area contributed by atoms with E-state index in [1.54, 1.807) is 13.2 Å². The minimum atomic E-state index is -0.245. The molecule has 0 aromatic heterocycles. The molecule has 0 heterocycles. The number of hydrogen-bond acceptors (Lipinski definition) is 3. The van der Waals surface area contributed by atoms with E-state index < -0.39 is 0 Å². The molecule has 0 bridgehead atoms. The highest BCUT2D eigenvalue weighted by atomic mass is 32.1. The third kappa shape index (κ3) is 3.11. The predicted octanol–water partition coefficient (Wildman–Crippen LogP) is 2.41. The molecule has 1 atom stereocenters. The lowest BCUT2D eigenvalue weighted by molar-refractivity contribution is 0.399. The zero-order valence-corrected chi connectivity index (χ0v) is 9.85. The summed E-state index contributed by atoms with van der Waals surface area (Å²) in [5.41, 5.74) is 0.842. The summed E-state index contributed by atoms with van der Waals surface area (Å²) in [6.07, 6.45) is 0.833. The number of methoxy groups -OCH3 is 1. The summed E-state index contributed by atoms with van der Waals surface area (Å²) in [6.45, 7) is 0. The summed E-state index contributed by atoms with van der Waals surface area (Å²) in [4.78, 5) is 0. The molecule has 84 valence electrons. The predicted molar refractivity (Wildman–Crippen MR) is 63.2 cm³/mol. The minimum absolute atomic E-state index is 0.0770. The number of nitrogens with one attached hydrogen (secondary N) is 1. The quantitative estimate of drug-likeness (QED) is 0.757. The molecule has 0 saturated heterocycles. The van der Waals surface area contributed by atoms with Crippen molar-refractivity contribution in [2.45, 2.75) is 12.5 Å². The lowest BCUT2D eigenvalue weighted by Gasteiger charge is -2.18. The van der Waals surface area contributed by atoms with E-state index in [9.17, 15) is 4.39 Å². The molecule has 1 aromatic carbocycles. The molecule has 15 heavy (non-hydrogen) atoms. The van der Waals surface area contributed by atoms with Crippen LogP contribution in [0.25, 0.3) is 0 Å². The van der Waals surface area contributed by atoms with Crippen molar-refractivity contribution in [3.05, 3.63) is 29.6 Å². The van der Waals surface area contributed by atoms with Gasteiger partial charge in [0.25, 0.3) is 0 Å². The lowest BCUT2D eigenvalue weighted by Crippen LogP contribution is -2.17. The second-order valence-corrected chi connectivity index (χ2v) is 3.69. The minimum Gasteiger partial charge on any atom is -0.496 e. The van der Waals surface area contributed by atoms with E-state index in [1.165, 1.54) is 12.1 Å². The van der Waals surface area contributed by atoms with Gasteiger partial charge in [-0.1, -0.05) is 0 Å². The van der Waals surface area contributed by atoms with E-state index in [1.807, 2.05) is 7.05 Å². The normalized spacial score (nSPS) is 12.5. The van der Waals surface area contributed by atoms with Crippen LogP contribution in [-0.4, -0.2) is 19.9 Å². The Kier molecular flexibility index (Phi) is 4.91. The van der Waals surface area contributed by atoms with Crippen molar-refractivity contribution in [1.29, 1.82) is 0 Å². The first-order valence-corrected chi connectivity index (χ1v) is 5.47. The van der Waals surface area contributed by atoms with Gasteiger partial charge in [-0.2, -0.15) is 12.6 Å². The van der Waals surface area contributed by atoms with Crippen molar-refractivity contribution in [3.63, 3.8) is 0 Å². The van der Waals surface area contributed by atoms with Crippen LogP contribution in [0.2, 0.25) is 0 Å². The van der Waals surface area contributed by atoms with E-state index in [2.05, 4.69) is 17.9 Å². The summed E-state index contributed by atoms with van der Waals surface area (Å²) in [5, 5.41) is 3.13. The number of halogens is 1. The smallest absolute Gasteiger partial charge is 0.123 e. The summed E-state index contributed by atoms with van der Waals surface area (Å²) in [6, 6.07) is 4.63. The van der Waals surface area contributed by atoms with Crippen molar-refractivity contribution in [2.24, 2.45) is 0 Å². The largest absolute Gasteiger partial charge is 0.496 e. The number of rotatable bonds is 5. The van der Waals surface area contributed by atoms with Crippen molar-refractivity contribution in [1.82, 2.24) is 5.32 Å². The van der Waals surface area contributed by atoms with Crippen LogP contribution in [0.3, 0.4) is 0 Å². The maximum atomic E-state index is 13.1. The maximum absolute atomic E-state index is 13.1. The molecule has 0 fully saturated rings. The molecule has 1 aromatic rings. The van der Waals surface area contributed by atoms with Crippen molar-refractivity contribution >= 4 is 12.6 Å². The first-order valence-electron chi connectivity index (χ1n) is 4.84. The maximum Gasteiger partial charge on any atom is 0.123 e. The Bertz CT molecular complexity index is 319. The molecule has 1 N–H and O–H groups in total. The van der Waals surface area contributed by atoms with Crippen LogP contribution in [-0.2, 0) is 0 Å². The van der Waals surface area contributed by atoms with Crippen molar-refractivity contribution in [2.75, 3.05) is 19.9 Å². The second kappa shape index (κ2) is 5.98. The average Bonchev–Trinajstić information content (AvgIpc) is 2.26. The Morgan fingerprint density at radius 2 is 2.27 bits per heavy atom. The number of ether oxygens (including phenoxy) is 1. The molecule has 0 aliphatic carbocycles. The standard InChI is InChI=1S/C11H16FNOS/c1-13-10(5-6-15)9-7-8(12)3-4-11(9)14-2/h3-4,7,10,13,15H,5-6H2,1-2H3. The first-order chi connectivity index (χ1) is 7.22. The zero-order valence-electron chi connectivity index (χ0n) is 8.96. The molecule has 1 unspecified atom stereocenters. The Morgan fingerprint density at radius 1 is 1.53 bits per heavy atom. The fraction of sp³-hybridized carbons (Fsp3) is 0.455. The molecule has 0 aliphatic rings. The number of benzene rings is 1. The monoisotopic (exact) mass is 229 g/mol. The first kappa shape index (κ1) is 12.3. The van der Waals surface area contributed by atoms with E-state index in [-0.39, 0.29) is 11.9 Å². The molecule has 0 aliphatic heterocycles. The van der Waals surface area contributed by atoms with Crippen molar-refractivity contribution < 1.29 is 9.13 Å². The SMILES string of the molecule is CNC(CCS)c1cc(F)ccc1OC. The van der Waals surface area contributed by atoms with Gasteiger partial charge in [0.2, 0.25) is 0 Å². The summed E-state index contributed by atoms with van der Waals surface area (Å²) < 4.78 is 18.3. The van der Waals surface area contributed by atoms with Gasteiger partial charge in [0.1, 0.15) is 11.6 Å². The highest BCUT2D eigenvalue weighted by Crippen LogP contribution is 2.27. The highest BCUT2D eigenvalue weighted by Gasteiger charge is 2.14. The van der Waals surface area contributed by atoms with E-state index in [0.29, 0.717) is 5.75 Å². The molecule has 4 heteroatoms. The second-order valence-electron chi connectivity index (χ2n) is 3.24. The van der Waals surface area contributed by atoms with Crippen LogP contribution in [0.4, 0.5) is 4.39 Å². The van der Waals surface area contributed by atoms with Crippen LogP contribution >= 0.6 is 12.6 Å². The Morgan fingerprint density at radius 3 is 2.80 bits per heavy atom. The topological polar surface area (TPSA) is 21.3 Å². The summed E-state index contributed by atoms with van der Waals surface area (Å²) >= 11 is 4.18. The van der Waals surface area contributed by atoms with Gasteiger partial charge in [-0.15, -0.1) is 0 Å². The van der Waals surface area contributed by atoms with Gasteiger partial charge in [-0.3, -0.25) is 0 Å². The molecule has 0 saturated carbocycles. The van der Waals surface area contributed by atoms with Gasteiger partial charge in [0.15, 0.2) is 0 Å². The molecule has 0 amide bonds. The van der Waals surface area contributed by atoms with Gasteiger partial charge in [0, 0.05) is 11.6 Å². The Balaban J connectivity index is 3.02. The van der Waals surface area contributed by atoms with Crippen molar-refractivity contribution in [3.8, 4) is 5.75 Å². The number of thiol groups is 1. The average molecular weight is 229 g/mol. The summed E-state index contributed by atoms with van der Waals surface area (Å²) in [5.74, 6) is 1.20. The third-order valence-electron chi connectivity index (χ3n) is 2.33. The third-order valence-corrected chi connectivity index (χ3v) is 2.59. The fourth-order valence-electron chi connectivity index (χ4n) is 1.56. The van der Waals surface area contributed by atoms with Gasteiger partial charge < -0.3 is 10.1 Å². The molecule has 2 nitrogen and oxygen atoms in total. The molecule has 0 radical (unpaired) electrons. The fourth-order valence-corrected chi connectivity index (χ4v) is 1.82. The number of hydrogen-bond donors (Lipinski definition) is 2. The molecular weight excluding hydrogens is 213 g/mol. The van der Waals surface area contributed by atoms with Gasteiger partial charge >= 0.3 is 0 Å². The molecular formula is C11H16FNOS. The van der Waals surface area contributed by atoms with Gasteiger partial charge in [0.05, 0.1) is 7.11 Å². The van der Waals surface area contributed by atoms with E-state index >= 15 is 0 Å². The Hall–Kier alpha value is -0.740. The van der Waals surface area contributed by atoms with Gasteiger partial charge in [-0.25, -0.2) is 4.39 Å². The summed E-state index contributed by atoms with van der Waals surface area (Å²) in [7, 11) is 3.43. The lowest BCUT2D eigenvalue weighted by atomic mass is 10.0. The van der Waals surface area contributed by atoms with Crippen LogP contribution in [0.5, 0.6) is 5.75 Å². The van der Waals surface area contributed by atoms with Crippen LogP contribution in [0.15, 0.2) is 18.2 Å². The van der Waals surface area contributed by atoms with E-state index in [0.717, 1.165) is 17.7 Å². The molecule has 0 spiro atoms. The highest BCUT2D eigenvalue weighted by molar-refractivity contribution is 7.80. The van der Waals surface area contributed by atoms with E-state index in [4.69, 9.17) is 4.74 Å². The van der Waals surface area contributed by atoms with Crippen LogP contribution in [0.1, 0.15) is 18.0 Å². The van der Waals surface area contributed by atoms with Gasteiger partial charge in [-0.05, 0) is 37.4 Å². The Labute approximate surface area is 95.2 Å². The van der Waals surface area contributed by atoms with Crippen LogP contribution < -0.4 is 10.1 Å². The van der Waals surface area contributed by atoms with Crippen LogP contribution in [0, 0.1) is 5.82 Å². The molecule has 1 rings (SSSR count). The zero-order chi connectivity index (χ0) is 11.3.